The second-order valence-corrected chi connectivity index (χ2v) is 7.27. The first-order chi connectivity index (χ1) is 8.36. The minimum Gasteiger partial charge on any atom is -0.367 e. The smallest absolute Gasteiger partial charge is 0.0760 e. The van der Waals surface area contributed by atoms with Crippen molar-refractivity contribution < 1.29 is 4.74 Å². The maximum absolute atomic E-state index is 6.10. The van der Waals surface area contributed by atoms with E-state index in [4.69, 9.17) is 4.74 Å². The Labute approximate surface area is 112 Å². The minimum atomic E-state index is -0.00594. The molecule has 2 fully saturated rings. The van der Waals surface area contributed by atoms with E-state index < -0.39 is 0 Å². The molecule has 1 heterocycles. The Balaban J connectivity index is 1.64. The zero-order chi connectivity index (χ0) is 13.2. The zero-order valence-electron chi connectivity index (χ0n) is 12.6. The molecular formula is C15H30N2O. The summed E-state index contributed by atoms with van der Waals surface area (Å²) in [5.74, 6) is 0. The number of unbranched alkanes of at least 4 members (excludes halogenated alkanes) is 1. The number of ether oxygens (including phenoxy) is 1. The zero-order valence-corrected chi connectivity index (χ0v) is 12.6. The van der Waals surface area contributed by atoms with Crippen LogP contribution in [0.25, 0.3) is 0 Å². The van der Waals surface area contributed by atoms with E-state index in [0.717, 1.165) is 19.1 Å². The van der Waals surface area contributed by atoms with Crippen LogP contribution >= 0.6 is 0 Å². The highest BCUT2D eigenvalue weighted by Gasteiger charge is 2.37. The Morgan fingerprint density at radius 2 is 1.67 bits per heavy atom. The number of hydrogen-bond acceptors (Lipinski definition) is 3. The average molecular weight is 254 g/mol. The SMILES string of the molecule is CC1(C)CN(CCCCNC2CC2)CC(C)(C)O1. The molecule has 0 aromatic heterocycles. The quantitative estimate of drug-likeness (QED) is 0.737. The highest BCUT2D eigenvalue weighted by atomic mass is 16.5. The van der Waals surface area contributed by atoms with Gasteiger partial charge in [-0.25, -0.2) is 0 Å². The van der Waals surface area contributed by atoms with E-state index in [-0.39, 0.29) is 11.2 Å². The summed E-state index contributed by atoms with van der Waals surface area (Å²) >= 11 is 0. The van der Waals surface area contributed by atoms with Crippen LogP contribution < -0.4 is 5.32 Å². The van der Waals surface area contributed by atoms with Crippen LogP contribution in [0.1, 0.15) is 53.4 Å². The number of rotatable bonds is 6. The van der Waals surface area contributed by atoms with E-state index in [9.17, 15) is 0 Å². The highest BCUT2D eigenvalue weighted by molar-refractivity contribution is 4.89. The molecule has 0 bridgehead atoms. The largest absolute Gasteiger partial charge is 0.367 e. The molecule has 2 rings (SSSR count). The van der Waals surface area contributed by atoms with Crippen LogP contribution in [0.4, 0.5) is 0 Å². The first-order valence-electron chi connectivity index (χ1n) is 7.52. The predicted molar refractivity (Wildman–Crippen MR) is 75.9 cm³/mol. The third-order valence-electron chi connectivity index (χ3n) is 3.67. The van der Waals surface area contributed by atoms with Gasteiger partial charge in [0, 0.05) is 19.1 Å². The predicted octanol–water partition coefficient (Wildman–Crippen LogP) is 2.41. The van der Waals surface area contributed by atoms with E-state index in [1.165, 1.54) is 38.8 Å². The number of nitrogens with zero attached hydrogens (tertiary/aromatic N) is 1. The van der Waals surface area contributed by atoms with Gasteiger partial charge in [0.05, 0.1) is 11.2 Å². The van der Waals surface area contributed by atoms with Gasteiger partial charge in [-0.1, -0.05) is 0 Å². The standard InChI is InChI=1S/C15H30N2O/c1-14(2)11-17(12-15(3,4)18-14)10-6-5-9-16-13-7-8-13/h13,16H,5-12H2,1-4H3. The number of nitrogens with one attached hydrogen (secondary N) is 1. The molecule has 0 amide bonds. The molecule has 0 atom stereocenters. The van der Waals surface area contributed by atoms with E-state index >= 15 is 0 Å². The second kappa shape index (κ2) is 5.48. The molecule has 0 aromatic carbocycles. The van der Waals surface area contributed by atoms with Crippen molar-refractivity contribution >= 4 is 0 Å². The van der Waals surface area contributed by atoms with Crippen molar-refractivity contribution in [1.29, 1.82) is 0 Å². The molecule has 0 unspecified atom stereocenters. The summed E-state index contributed by atoms with van der Waals surface area (Å²) in [6, 6.07) is 0.853. The molecule has 1 saturated carbocycles. The maximum atomic E-state index is 6.10. The Kier molecular flexibility index (Phi) is 4.35. The van der Waals surface area contributed by atoms with Crippen LogP contribution in [0, 0.1) is 0 Å². The fourth-order valence-electron chi connectivity index (χ4n) is 3.16. The molecule has 2 aliphatic rings. The first kappa shape index (κ1) is 14.3. The summed E-state index contributed by atoms with van der Waals surface area (Å²) in [7, 11) is 0. The van der Waals surface area contributed by atoms with Crippen LogP contribution in [-0.4, -0.2) is 48.3 Å². The van der Waals surface area contributed by atoms with Gasteiger partial charge in [-0.2, -0.15) is 0 Å². The highest BCUT2D eigenvalue weighted by Crippen LogP contribution is 2.28. The molecule has 1 saturated heterocycles. The molecule has 18 heavy (non-hydrogen) atoms. The molecule has 3 heteroatoms. The third kappa shape index (κ3) is 4.87. The molecule has 1 N–H and O–H groups in total. The van der Waals surface area contributed by atoms with Crippen molar-refractivity contribution in [1.82, 2.24) is 10.2 Å². The van der Waals surface area contributed by atoms with Gasteiger partial charge < -0.3 is 10.1 Å². The second-order valence-electron chi connectivity index (χ2n) is 7.27. The van der Waals surface area contributed by atoms with Gasteiger partial charge in [-0.3, -0.25) is 4.90 Å². The van der Waals surface area contributed by atoms with E-state index in [0.29, 0.717) is 0 Å². The summed E-state index contributed by atoms with van der Waals surface area (Å²) in [6.07, 6.45) is 5.39. The monoisotopic (exact) mass is 254 g/mol. The van der Waals surface area contributed by atoms with Crippen LogP contribution in [0.5, 0.6) is 0 Å². The Morgan fingerprint density at radius 1 is 1.06 bits per heavy atom. The van der Waals surface area contributed by atoms with E-state index in [1.54, 1.807) is 0 Å². The molecule has 0 aromatic rings. The maximum Gasteiger partial charge on any atom is 0.0760 e. The molecule has 0 radical (unpaired) electrons. The summed E-state index contributed by atoms with van der Waals surface area (Å²) in [5, 5.41) is 3.58. The summed E-state index contributed by atoms with van der Waals surface area (Å²) in [4.78, 5) is 2.57. The molecule has 106 valence electrons. The lowest BCUT2D eigenvalue weighted by Gasteiger charge is -2.47. The Bertz CT molecular complexity index is 256. The van der Waals surface area contributed by atoms with E-state index in [1.807, 2.05) is 0 Å². The van der Waals surface area contributed by atoms with Crippen molar-refractivity contribution in [2.24, 2.45) is 0 Å². The summed E-state index contributed by atoms with van der Waals surface area (Å²) < 4.78 is 6.10. The fraction of sp³-hybridized carbons (Fsp3) is 1.00. The van der Waals surface area contributed by atoms with Crippen molar-refractivity contribution in [3.05, 3.63) is 0 Å². The first-order valence-corrected chi connectivity index (χ1v) is 7.52. The van der Waals surface area contributed by atoms with Crippen LogP contribution in [0.3, 0.4) is 0 Å². The van der Waals surface area contributed by atoms with Gasteiger partial charge in [-0.05, 0) is 66.5 Å². The molecule has 0 spiro atoms. The number of morpholine rings is 1. The summed E-state index contributed by atoms with van der Waals surface area (Å²) in [6.45, 7) is 13.3. The van der Waals surface area contributed by atoms with Crippen molar-refractivity contribution in [2.45, 2.75) is 70.6 Å². The van der Waals surface area contributed by atoms with Crippen LogP contribution in [-0.2, 0) is 4.74 Å². The topological polar surface area (TPSA) is 24.5 Å². The average Bonchev–Trinajstić information content (AvgIpc) is 2.95. The van der Waals surface area contributed by atoms with E-state index in [2.05, 4.69) is 37.9 Å². The van der Waals surface area contributed by atoms with Gasteiger partial charge in [0.1, 0.15) is 0 Å². The van der Waals surface area contributed by atoms with Crippen molar-refractivity contribution in [3.63, 3.8) is 0 Å². The van der Waals surface area contributed by atoms with Gasteiger partial charge >= 0.3 is 0 Å². The minimum absolute atomic E-state index is 0.00594. The third-order valence-corrected chi connectivity index (χ3v) is 3.67. The van der Waals surface area contributed by atoms with Crippen molar-refractivity contribution in [3.8, 4) is 0 Å². The van der Waals surface area contributed by atoms with Gasteiger partial charge in [-0.15, -0.1) is 0 Å². The summed E-state index contributed by atoms with van der Waals surface area (Å²) in [5.41, 5.74) is -0.0119. The lowest BCUT2D eigenvalue weighted by molar-refractivity contribution is -0.180. The Morgan fingerprint density at radius 3 is 2.22 bits per heavy atom. The van der Waals surface area contributed by atoms with Gasteiger partial charge in [0.25, 0.3) is 0 Å². The van der Waals surface area contributed by atoms with Gasteiger partial charge in [0.15, 0.2) is 0 Å². The normalized spacial score (nSPS) is 27.3. The lowest BCUT2D eigenvalue weighted by atomic mass is 9.99. The van der Waals surface area contributed by atoms with Crippen LogP contribution in [0.2, 0.25) is 0 Å². The van der Waals surface area contributed by atoms with Crippen molar-refractivity contribution in [2.75, 3.05) is 26.2 Å². The van der Waals surface area contributed by atoms with Gasteiger partial charge in [0.2, 0.25) is 0 Å². The molecule has 3 nitrogen and oxygen atoms in total. The lowest BCUT2D eigenvalue weighted by Crippen LogP contribution is -2.57. The molecular weight excluding hydrogens is 224 g/mol. The number of hydrogen-bond donors (Lipinski definition) is 1. The Hall–Kier alpha value is -0.120. The fourth-order valence-corrected chi connectivity index (χ4v) is 3.16. The molecule has 1 aliphatic heterocycles. The van der Waals surface area contributed by atoms with Crippen LogP contribution in [0.15, 0.2) is 0 Å². The molecule has 1 aliphatic carbocycles.